The van der Waals surface area contributed by atoms with E-state index >= 15 is 0 Å². The number of carbonyl (C=O) groups is 8. The van der Waals surface area contributed by atoms with E-state index in [1.165, 1.54) is 0 Å². The predicted molar refractivity (Wildman–Crippen MR) is 299 cm³/mol. The van der Waals surface area contributed by atoms with Crippen molar-refractivity contribution in [2.45, 2.75) is 51.5 Å². The number of benzene rings is 1. The number of ketones is 5. The SMILES string of the molecule is CCC(=O)c1cc(CC(=O)c2cc(CC(=O)c3cc(CC(=O)c4cc(CC(=O)[C@H](N)CCNC(=O)c5cc(NC(=O)c6ccc7nc(-c8cc(NC(=O)c9nccn9C)cn8C)[nH]c7c6)cn5C)cn4C)cn3C)cn2C)cn1C. The molecule has 80 heavy (non-hydrogen) atoms. The Bertz CT molecular complexity index is 3930. The van der Waals surface area contributed by atoms with Crippen molar-refractivity contribution in [2.24, 2.45) is 55.1 Å². The van der Waals surface area contributed by atoms with E-state index < -0.39 is 17.9 Å². The van der Waals surface area contributed by atoms with Crippen molar-refractivity contribution < 1.29 is 38.4 Å². The molecule has 9 aromatic rings. The van der Waals surface area contributed by atoms with E-state index in [2.05, 4.69) is 25.9 Å². The van der Waals surface area contributed by atoms with Crippen LogP contribution >= 0.6 is 0 Å². The van der Waals surface area contributed by atoms with Gasteiger partial charge in [0.05, 0.1) is 56.9 Å². The van der Waals surface area contributed by atoms with Crippen molar-refractivity contribution in [3.8, 4) is 11.5 Å². The van der Waals surface area contributed by atoms with Crippen molar-refractivity contribution in [1.29, 1.82) is 0 Å². The zero-order valence-electron chi connectivity index (χ0n) is 45.7. The number of amides is 3. The van der Waals surface area contributed by atoms with Gasteiger partial charge in [-0.1, -0.05) is 6.92 Å². The Morgan fingerprint density at radius 2 is 1.05 bits per heavy atom. The van der Waals surface area contributed by atoms with Crippen LogP contribution in [0.25, 0.3) is 22.6 Å². The molecule has 6 N–H and O–H groups in total. The largest absolute Gasteiger partial charge is 0.351 e. The molecule has 1 atom stereocenters. The molecular weight excluding hydrogens is 1020 g/mol. The molecule has 0 spiro atoms. The third-order valence-electron chi connectivity index (χ3n) is 14.1. The van der Waals surface area contributed by atoms with Crippen LogP contribution in [0.4, 0.5) is 11.4 Å². The smallest absolute Gasteiger partial charge is 0.291 e. The van der Waals surface area contributed by atoms with Gasteiger partial charge in [-0.25, -0.2) is 9.97 Å². The Morgan fingerprint density at radius 1 is 0.550 bits per heavy atom. The molecule has 0 aliphatic carbocycles. The topological polar surface area (TPSA) is 275 Å². The molecule has 0 aliphatic rings. The first-order valence-electron chi connectivity index (χ1n) is 25.9. The van der Waals surface area contributed by atoms with Crippen LogP contribution in [0.5, 0.6) is 0 Å². The summed E-state index contributed by atoms with van der Waals surface area (Å²) in [5.74, 6) is -1.20. The van der Waals surface area contributed by atoms with Crippen LogP contribution in [0.3, 0.4) is 0 Å². The minimum Gasteiger partial charge on any atom is -0.351 e. The van der Waals surface area contributed by atoms with Crippen LogP contribution in [0.15, 0.2) is 104 Å². The molecule has 0 saturated carbocycles. The average Bonchev–Trinajstić information content (AvgIpc) is 4.33. The van der Waals surface area contributed by atoms with Crippen molar-refractivity contribution in [3.05, 3.63) is 166 Å². The number of rotatable bonds is 23. The quantitative estimate of drug-likeness (QED) is 0.0490. The van der Waals surface area contributed by atoms with Crippen LogP contribution in [0.1, 0.15) is 115 Å². The highest BCUT2D eigenvalue weighted by molar-refractivity contribution is 6.07. The number of carbonyl (C=O) groups excluding carboxylic acids is 8. The number of fused-ring (bicyclic) bond motifs is 1. The van der Waals surface area contributed by atoms with Gasteiger partial charge in [0, 0.05) is 143 Å². The highest BCUT2D eigenvalue weighted by Crippen LogP contribution is 2.27. The van der Waals surface area contributed by atoms with Crippen LogP contribution in [-0.2, 0) is 79.8 Å². The molecule has 0 bridgehead atoms. The molecule has 3 amide bonds. The summed E-state index contributed by atoms with van der Waals surface area (Å²) in [7, 11) is 12.2. The molecule has 9 rings (SSSR count). The van der Waals surface area contributed by atoms with E-state index in [1.807, 2.05) is 11.6 Å². The van der Waals surface area contributed by atoms with Crippen LogP contribution in [-0.4, -0.2) is 106 Å². The Morgan fingerprint density at radius 3 is 1.59 bits per heavy atom. The summed E-state index contributed by atoms with van der Waals surface area (Å²) in [5, 5.41) is 8.51. The lowest BCUT2D eigenvalue weighted by Crippen LogP contribution is -2.36. The lowest BCUT2D eigenvalue weighted by Gasteiger charge is -2.11. The van der Waals surface area contributed by atoms with Crippen molar-refractivity contribution in [2.75, 3.05) is 17.2 Å². The van der Waals surface area contributed by atoms with E-state index in [9.17, 15) is 38.4 Å². The lowest BCUT2D eigenvalue weighted by molar-refractivity contribution is -0.119. The van der Waals surface area contributed by atoms with Crippen LogP contribution < -0.4 is 21.7 Å². The van der Waals surface area contributed by atoms with Gasteiger partial charge in [0.1, 0.15) is 5.69 Å². The number of nitrogens with zero attached hydrogens (tertiary/aromatic N) is 9. The molecule has 0 saturated heterocycles. The van der Waals surface area contributed by atoms with Gasteiger partial charge in [0.25, 0.3) is 17.7 Å². The number of Topliss-reactive ketones (excluding diaryl/α,β-unsaturated/α-hetero) is 5. The van der Waals surface area contributed by atoms with Gasteiger partial charge in [0.2, 0.25) is 0 Å². The first-order chi connectivity index (χ1) is 38.1. The molecule has 22 heteroatoms. The summed E-state index contributed by atoms with van der Waals surface area (Å²) < 4.78 is 11.8. The third kappa shape index (κ3) is 11.9. The molecule has 0 aliphatic heterocycles. The minimum absolute atomic E-state index is 0.00156. The Kier molecular flexibility index (Phi) is 15.6. The van der Waals surface area contributed by atoms with Crippen molar-refractivity contribution in [3.63, 3.8) is 0 Å². The van der Waals surface area contributed by atoms with Gasteiger partial charge < -0.3 is 58.6 Å². The number of hydrogen-bond donors (Lipinski definition) is 5. The first-order valence-corrected chi connectivity index (χ1v) is 25.9. The molecule has 0 unspecified atom stereocenters. The van der Waals surface area contributed by atoms with Crippen molar-refractivity contribution in [1.82, 2.24) is 52.2 Å². The summed E-state index contributed by atoms with van der Waals surface area (Å²) in [6.45, 7) is 1.89. The third-order valence-corrected chi connectivity index (χ3v) is 14.1. The second kappa shape index (κ2) is 22.7. The Balaban J connectivity index is 0.728. The van der Waals surface area contributed by atoms with E-state index in [-0.39, 0.29) is 85.0 Å². The number of hydrogen-bond acceptors (Lipinski definition) is 11. The van der Waals surface area contributed by atoms with Gasteiger partial charge in [-0.2, -0.15) is 0 Å². The normalized spacial score (nSPS) is 11.8. The predicted octanol–water partition coefficient (Wildman–Crippen LogP) is 5.63. The average molecular weight is 1080 g/mol. The number of aryl methyl sites for hydroxylation is 7. The summed E-state index contributed by atoms with van der Waals surface area (Å²) in [6.07, 6.45) is 14.2. The summed E-state index contributed by atoms with van der Waals surface area (Å²) in [4.78, 5) is 118. The van der Waals surface area contributed by atoms with Crippen LogP contribution in [0.2, 0.25) is 0 Å². The number of H-pyrrole nitrogens is 1. The molecule has 0 fully saturated rings. The fraction of sp³-hybridized carbons (Fsp3) is 0.276. The summed E-state index contributed by atoms with van der Waals surface area (Å²) >= 11 is 0. The molecule has 8 aromatic heterocycles. The fourth-order valence-corrected chi connectivity index (χ4v) is 9.94. The fourth-order valence-electron chi connectivity index (χ4n) is 9.94. The Hall–Kier alpha value is -9.70. The highest BCUT2D eigenvalue weighted by Gasteiger charge is 2.24. The lowest BCUT2D eigenvalue weighted by atomic mass is 10.0. The van der Waals surface area contributed by atoms with E-state index in [1.54, 1.807) is 181 Å². The first kappa shape index (κ1) is 55.1. The number of aromatic amines is 1. The molecule has 22 nitrogen and oxygen atoms in total. The highest BCUT2D eigenvalue weighted by atomic mass is 16.2. The van der Waals surface area contributed by atoms with Gasteiger partial charge >= 0.3 is 0 Å². The Labute approximate surface area is 459 Å². The van der Waals surface area contributed by atoms with E-state index in [4.69, 9.17) is 10.7 Å². The van der Waals surface area contributed by atoms with Gasteiger partial charge in [-0.15, -0.1) is 0 Å². The van der Waals surface area contributed by atoms with E-state index in [0.717, 1.165) is 5.56 Å². The molecule has 1 aromatic carbocycles. The number of nitrogens with two attached hydrogens (primary N) is 1. The minimum atomic E-state index is -0.902. The monoisotopic (exact) mass is 1080 g/mol. The second-order valence-electron chi connectivity index (χ2n) is 20.3. The molecule has 412 valence electrons. The standard InChI is InChI=1S/C58H62N14O8/c1-9-49(73)43-16-34(28-67(43)3)21-51(75)45-18-36(30-69(45)5)23-53(77)46-19-35(29-70(46)6)22-52(76)44-17-33(27-68(44)4)20-50(74)40(59)12-13-61-57(79)48-26-39(32-72(48)8)62-56(78)37-10-11-41-42(24-37)65-54(64-41)47-25-38(31-71(47)7)63-58(80)55-60-14-15-66(55)2/h10-11,14-19,24-32,40H,9,12-13,20-23,59H2,1-8H3,(H,61,79)(H,62,78)(H,63,80)(H,64,65)/t40-/m1/s1. The van der Waals surface area contributed by atoms with Gasteiger partial charge in [-0.05, 0) is 83.3 Å². The maximum absolute atomic E-state index is 13.6. The maximum Gasteiger partial charge on any atom is 0.291 e. The second-order valence-corrected chi connectivity index (χ2v) is 20.3. The van der Waals surface area contributed by atoms with Crippen molar-refractivity contribution >= 4 is 69.0 Å². The van der Waals surface area contributed by atoms with Gasteiger partial charge in [0.15, 0.2) is 40.6 Å². The molecular formula is C58H62N14O8. The number of anilines is 2. The molecule has 0 radical (unpaired) electrons. The van der Waals surface area contributed by atoms with Crippen LogP contribution in [0, 0.1) is 0 Å². The van der Waals surface area contributed by atoms with E-state index in [0.29, 0.717) is 85.4 Å². The number of nitrogens with one attached hydrogen (secondary N) is 4. The summed E-state index contributed by atoms with van der Waals surface area (Å²) in [6, 6.07) is 14.3. The number of aromatic nitrogens is 10. The zero-order valence-corrected chi connectivity index (χ0v) is 45.7. The number of imidazole rings is 2. The van der Waals surface area contributed by atoms with Gasteiger partial charge in [-0.3, -0.25) is 38.4 Å². The molecule has 8 heterocycles. The maximum atomic E-state index is 13.6. The zero-order chi connectivity index (χ0) is 57.3. The summed E-state index contributed by atoms with van der Waals surface area (Å²) in [5.41, 5.74) is 14.2.